The summed E-state index contributed by atoms with van der Waals surface area (Å²) in [4.78, 5) is 2.31. The SMILES string of the molecule is CCCCN(CCCC)C(=S)Nc1c(C)cccc1C. The van der Waals surface area contributed by atoms with Crippen molar-refractivity contribution >= 4 is 23.0 Å². The number of thiocarbonyl (C=S) groups is 1. The van der Waals surface area contributed by atoms with E-state index in [1.165, 1.54) is 36.8 Å². The molecule has 0 aliphatic heterocycles. The first-order valence-corrected chi connectivity index (χ1v) is 8.13. The maximum absolute atomic E-state index is 5.62. The van der Waals surface area contributed by atoms with Crippen molar-refractivity contribution in [2.75, 3.05) is 18.4 Å². The van der Waals surface area contributed by atoms with Gasteiger partial charge < -0.3 is 10.2 Å². The molecule has 1 aromatic rings. The zero-order valence-electron chi connectivity index (χ0n) is 13.3. The number of hydrogen-bond donors (Lipinski definition) is 1. The van der Waals surface area contributed by atoms with E-state index in [4.69, 9.17) is 12.2 Å². The summed E-state index contributed by atoms with van der Waals surface area (Å²) in [6, 6.07) is 6.34. The van der Waals surface area contributed by atoms with E-state index < -0.39 is 0 Å². The van der Waals surface area contributed by atoms with Crippen molar-refractivity contribution in [2.24, 2.45) is 0 Å². The first-order chi connectivity index (χ1) is 9.60. The zero-order valence-corrected chi connectivity index (χ0v) is 14.1. The molecule has 0 amide bonds. The van der Waals surface area contributed by atoms with E-state index in [-0.39, 0.29) is 0 Å². The van der Waals surface area contributed by atoms with Gasteiger partial charge in [-0.25, -0.2) is 0 Å². The molecule has 1 rings (SSSR count). The first-order valence-electron chi connectivity index (χ1n) is 7.72. The van der Waals surface area contributed by atoms with Crippen LogP contribution < -0.4 is 5.32 Å². The Hall–Kier alpha value is -1.09. The fraction of sp³-hybridized carbons (Fsp3) is 0.588. The smallest absolute Gasteiger partial charge is 0.173 e. The number of aryl methyl sites for hydroxylation is 2. The molecule has 0 unspecified atom stereocenters. The molecule has 0 saturated heterocycles. The molecule has 20 heavy (non-hydrogen) atoms. The number of nitrogens with one attached hydrogen (secondary N) is 1. The van der Waals surface area contributed by atoms with Crippen LogP contribution in [0.5, 0.6) is 0 Å². The number of benzene rings is 1. The minimum atomic E-state index is 0.865. The quantitative estimate of drug-likeness (QED) is 0.719. The molecule has 0 radical (unpaired) electrons. The van der Waals surface area contributed by atoms with Crippen LogP contribution in [0.3, 0.4) is 0 Å². The van der Waals surface area contributed by atoms with E-state index in [0.717, 1.165) is 23.9 Å². The number of nitrogens with zero attached hydrogens (tertiary/aromatic N) is 1. The summed E-state index contributed by atoms with van der Waals surface area (Å²) in [5.41, 5.74) is 3.66. The summed E-state index contributed by atoms with van der Waals surface area (Å²) in [5.74, 6) is 0. The molecule has 0 fully saturated rings. The summed E-state index contributed by atoms with van der Waals surface area (Å²) in [6.45, 7) is 10.8. The highest BCUT2D eigenvalue weighted by molar-refractivity contribution is 7.80. The summed E-state index contributed by atoms with van der Waals surface area (Å²) in [5, 5.41) is 4.32. The maximum atomic E-state index is 5.62. The van der Waals surface area contributed by atoms with Crippen molar-refractivity contribution in [3.63, 3.8) is 0 Å². The highest BCUT2D eigenvalue weighted by atomic mass is 32.1. The van der Waals surface area contributed by atoms with Gasteiger partial charge in [-0.2, -0.15) is 0 Å². The Balaban J connectivity index is 2.73. The molecular formula is C17H28N2S. The molecule has 0 aromatic heterocycles. The average molecular weight is 292 g/mol. The predicted molar refractivity (Wildman–Crippen MR) is 93.5 cm³/mol. The van der Waals surface area contributed by atoms with Crippen LogP contribution in [0.25, 0.3) is 0 Å². The molecule has 1 N–H and O–H groups in total. The van der Waals surface area contributed by atoms with Gasteiger partial charge in [-0.3, -0.25) is 0 Å². The van der Waals surface area contributed by atoms with Crippen LogP contribution in [0.4, 0.5) is 5.69 Å². The van der Waals surface area contributed by atoms with Gasteiger partial charge in [-0.05, 0) is 50.0 Å². The minimum Gasteiger partial charge on any atom is -0.349 e. The molecule has 112 valence electrons. The largest absolute Gasteiger partial charge is 0.349 e. The standard InChI is InChI=1S/C17H28N2S/c1-5-7-12-19(13-8-6-2)17(20)18-16-14(3)10-9-11-15(16)4/h9-11H,5-8,12-13H2,1-4H3,(H,18,20). The Morgan fingerprint density at radius 3 is 2.00 bits per heavy atom. The summed E-state index contributed by atoms with van der Waals surface area (Å²) in [7, 11) is 0. The minimum absolute atomic E-state index is 0.865. The molecule has 0 bridgehead atoms. The third-order valence-electron chi connectivity index (χ3n) is 3.56. The van der Waals surface area contributed by atoms with Crippen LogP contribution >= 0.6 is 12.2 Å². The van der Waals surface area contributed by atoms with E-state index >= 15 is 0 Å². The van der Waals surface area contributed by atoms with Crippen molar-refractivity contribution in [2.45, 2.75) is 53.4 Å². The number of para-hydroxylation sites is 1. The highest BCUT2D eigenvalue weighted by Crippen LogP contribution is 2.20. The van der Waals surface area contributed by atoms with Gasteiger partial charge in [0.2, 0.25) is 0 Å². The lowest BCUT2D eigenvalue weighted by atomic mass is 10.1. The number of rotatable bonds is 7. The Morgan fingerprint density at radius 2 is 1.55 bits per heavy atom. The molecule has 0 spiro atoms. The number of anilines is 1. The molecular weight excluding hydrogens is 264 g/mol. The maximum Gasteiger partial charge on any atom is 0.173 e. The van der Waals surface area contributed by atoms with Crippen LogP contribution in [0.2, 0.25) is 0 Å². The van der Waals surface area contributed by atoms with Crippen molar-refractivity contribution in [3.8, 4) is 0 Å². The Kier molecular flexibility index (Phi) is 7.60. The van der Waals surface area contributed by atoms with Gasteiger partial charge in [0.1, 0.15) is 0 Å². The fourth-order valence-corrected chi connectivity index (χ4v) is 2.50. The molecule has 0 atom stereocenters. The van der Waals surface area contributed by atoms with E-state index in [1.54, 1.807) is 0 Å². The summed E-state index contributed by atoms with van der Waals surface area (Å²) >= 11 is 5.62. The lowest BCUT2D eigenvalue weighted by molar-refractivity contribution is 0.403. The Bertz CT molecular complexity index is 401. The van der Waals surface area contributed by atoms with Gasteiger partial charge >= 0.3 is 0 Å². The topological polar surface area (TPSA) is 15.3 Å². The van der Waals surface area contributed by atoms with Gasteiger partial charge in [-0.1, -0.05) is 44.9 Å². The monoisotopic (exact) mass is 292 g/mol. The second kappa shape index (κ2) is 8.96. The van der Waals surface area contributed by atoms with Gasteiger partial charge in [-0.15, -0.1) is 0 Å². The van der Waals surface area contributed by atoms with E-state index in [9.17, 15) is 0 Å². The highest BCUT2D eigenvalue weighted by Gasteiger charge is 2.11. The normalized spacial score (nSPS) is 10.4. The second-order valence-corrected chi connectivity index (χ2v) is 5.78. The summed E-state index contributed by atoms with van der Waals surface area (Å²) in [6.07, 6.45) is 4.79. The Labute approximate surface area is 129 Å². The van der Waals surface area contributed by atoms with Crippen molar-refractivity contribution in [3.05, 3.63) is 29.3 Å². The van der Waals surface area contributed by atoms with E-state index in [1.807, 2.05) is 0 Å². The molecule has 2 nitrogen and oxygen atoms in total. The van der Waals surface area contributed by atoms with Crippen LogP contribution in [-0.4, -0.2) is 23.1 Å². The molecule has 0 aliphatic rings. The van der Waals surface area contributed by atoms with Crippen LogP contribution in [0.1, 0.15) is 50.7 Å². The molecule has 1 aromatic carbocycles. The zero-order chi connectivity index (χ0) is 15.0. The molecule has 0 aliphatic carbocycles. The van der Waals surface area contributed by atoms with E-state index in [2.05, 4.69) is 56.1 Å². The van der Waals surface area contributed by atoms with Gasteiger partial charge in [0.15, 0.2) is 5.11 Å². The lowest BCUT2D eigenvalue weighted by Crippen LogP contribution is -2.36. The Morgan fingerprint density at radius 1 is 1.05 bits per heavy atom. The van der Waals surface area contributed by atoms with E-state index in [0.29, 0.717) is 0 Å². The van der Waals surface area contributed by atoms with Crippen LogP contribution in [-0.2, 0) is 0 Å². The first kappa shape index (κ1) is 17.0. The third kappa shape index (κ3) is 5.12. The van der Waals surface area contributed by atoms with Crippen molar-refractivity contribution in [1.29, 1.82) is 0 Å². The van der Waals surface area contributed by atoms with Gasteiger partial charge in [0, 0.05) is 18.8 Å². The molecule has 0 saturated carbocycles. The fourth-order valence-electron chi connectivity index (χ4n) is 2.21. The summed E-state index contributed by atoms with van der Waals surface area (Å²) < 4.78 is 0. The lowest BCUT2D eigenvalue weighted by Gasteiger charge is -2.26. The number of unbranched alkanes of at least 4 members (excludes halogenated alkanes) is 2. The van der Waals surface area contributed by atoms with Crippen molar-refractivity contribution in [1.82, 2.24) is 4.90 Å². The van der Waals surface area contributed by atoms with Gasteiger partial charge in [0.05, 0.1) is 0 Å². The second-order valence-electron chi connectivity index (χ2n) is 5.39. The molecule has 0 heterocycles. The van der Waals surface area contributed by atoms with Crippen LogP contribution in [0.15, 0.2) is 18.2 Å². The predicted octanol–water partition coefficient (Wildman–Crippen LogP) is 4.90. The molecule has 3 heteroatoms. The number of hydrogen-bond acceptors (Lipinski definition) is 1. The average Bonchev–Trinajstić information content (AvgIpc) is 2.43. The van der Waals surface area contributed by atoms with Crippen molar-refractivity contribution < 1.29 is 0 Å². The van der Waals surface area contributed by atoms with Gasteiger partial charge in [0.25, 0.3) is 0 Å². The third-order valence-corrected chi connectivity index (χ3v) is 3.92. The van der Waals surface area contributed by atoms with Crippen LogP contribution in [0, 0.1) is 13.8 Å².